The standard InChI is InChI=1S/C9H8F3I2NO/c10-9(11,12)3-7(15)5-1-4(13)2-6(14)8(5)16/h1-2,7,16H,3,15H2/t7-/m0/s1. The van der Waals surface area contributed by atoms with Gasteiger partial charge >= 0.3 is 6.18 Å². The first kappa shape index (κ1) is 14.3. The van der Waals surface area contributed by atoms with Gasteiger partial charge in [0, 0.05) is 15.2 Å². The zero-order valence-corrected chi connectivity index (χ0v) is 12.2. The normalized spacial score (nSPS) is 13.9. The fourth-order valence-electron chi connectivity index (χ4n) is 1.23. The van der Waals surface area contributed by atoms with E-state index in [1.807, 2.05) is 45.2 Å². The van der Waals surface area contributed by atoms with Crippen LogP contribution in [-0.2, 0) is 0 Å². The van der Waals surface area contributed by atoms with Gasteiger partial charge in [-0.05, 0) is 57.3 Å². The number of alkyl halides is 3. The minimum Gasteiger partial charge on any atom is -0.506 e. The van der Waals surface area contributed by atoms with Crippen molar-refractivity contribution in [1.29, 1.82) is 0 Å². The second-order valence-electron chi connectivity index (χ2n) is 3.25. The molecule has 90 valence electrons. The van der Waals surface area contributed by atoms with Gasteiger partial charge in [0.15, 0.2) is 0 Å². The summed E-state index contributed by atoms with van der Waals surface area (Å²) in [4.78, 5) is 0. The van der Waals surface area contributed by atoms with Crippen molar-refractivity contribution in [2.75, 3.05) is 0 Å². The molecule has 0 amide bonds. The third-order valence-corrected chi connectivity index (χ3v) is 3.35. The Bertz CT molecular complexity index is 395. The fraction of sp³-hybridized carbons (Fsp3) is 0.333. The summed E-state index contributed by atoms with van der Waals surface area (Å²) in [6.07, 6.45) is -5.48. The topological polar surface area (TPSA) is 46.2 Å². The lowest BCUT2D eigenvalue weighted by Gasteiger charge is -2.16. The Kier molecular flexibility index (Phi) is 4.69. The summed E-state index contributed by atoms with van der Waals surface area (Å²) in [7, 11) is 0. The first-order valence-corrected chi connectivity index (χ1v) is 6.36. The van der Waals surface area contributed by atoms with Crippen molar-refractivity contribution in [1.82, 2.24) is 0 Å². The van der Waals surface area contributed by atoms with Crippen LogP contribution in [0.25, 0.3) is 0 Å². The number of phenols is 1. The highest BCUT2D eigenvalue weighted by molar-refractivity contribution is 14.1. The van der Waals surface area contributed by atoms with E-state index in [9.17, 15) is 18.3 Å². The van der Waals surface area contributed by atoms with Gasteiger partial charge in [-0.2, -0.15) is 13.2 Å². The van der Waals surface area contributed by atoms with E-state index in [0.29, 0.717) is 3.57 Å². The van der Waals surface area contributed by atoms with Gasteiger partial charge in [0.2, 0.25) is 0 Å². The highest BCUT2D eigenvalue weighted by atomic mass is 127. The van der Waals surface area contributed by atoms with Crippen LogP contribution in [0.1, 0.15) is 18.0 Å². The maximum atomic E-state index is 12.2. The van der Waals surface area contributed by atoms with Gasteiger partial charge in [0.1, 0.15) is 5.75 Å². The third-order valence-electron chi connectivity index (χ3n) is 1.91. The van der Waals surface area contributed by atoms with E-state index < -0.39 is 18.6 Å². The van der Waals surface area contributed by atoms with Gasteiger partial charge < -0.3 is 10.8 Å². The van der Waals surface area contributed by atoms with Crippen LogP contribution in [0, 0.1) is 7.14 Å². The van der Waals surface area contributed by atoms with Crippen molar-refractivity contribution in [3.8, 4) is 5.75 Å². The van der Waals surface area contributed by atoms with E-state index in [-0.39, 0.29) is 11.3 Å². The van der Waals surface area contributed by atoms with E-state index in [1.54, 1.807) is 6.07 Å². The Morgan fingerprint density at radius 1 is 1.31 bits per heavy atom. The molecule has 0 aromatic heterocycles. The summed E-state index contributed by atoms with van der Waals surface area (Å²) < 4.78 is 37.7. The molecular weight excluding hydrogens is 449 g/mol. The van der Waals surface area contributed by atoms with Crippen molar-refractivity contribution in [3.63, 3.8) is 0 Å². The largest absolute Gasteiger partial charge is 0.506 e. The molecule has 16 heavy (non-hydrogen) atoms. The van der Waals surface area contributed by atoms with Crippen LogP contribution < -0.4 is 5.73 Å². The highest BCUT2D eigenvalue weighted by Gasteiger charge is 2.32. The number of halogens is 5. The maximum absolute atomic E-state index is 12.2. The lowest BCUT2D eigenvalue weighted by atomic mass is 10.0. The van der Waals surface area contributed by atoms with Crippen LogP contribution >= 0.6 is 45.2 Å². The summed E-state index contributed by atoms with van der Waals surface area (Å²) in [6.45, 7) is 0. The predicted molar refractivity (Wildman–Crippen MR) is 71.1 cm³/mol. The molecule has 0 spiro atoms. The first-order chi connectivity index (χ1) is 7.20. The summed E-state index contributed by atoms with van der Waals surface area (Å²) >= 11 is 3.82. The molecule has 7 heteroatoms. The first-order valence-electron chi connectivity index (χ1n) is 4.21. The number of benzene rings is 1. The van der Waals surface area contributed by atoms with E-state index in [1.165, 1.54) is 6.07 Å². The van der Waals surface area contributed by atoms with Crippen LogP contribution in [0.2, 0.25) is 0 Å². The van der Waals surface area contributed by atoms with Gasteiger partial charge in [-0.15, -0.1) is 0 Å². The monoisotopic (exact) mass is 457 g/mol. The van der Waals surface area contributed by atoms with E-state index in [4.69, 9.17) is 5.73 Å². The van der Waals surface area contributed by atoms with Gasteiger partial charge in [0.25, 0.3) is 0 Å². The fourth-order valence-corrected chi connectivity index (χ4v) is 3.12. The Labute approximate surface area is 118 Å². The molecule has 1 aromatic rings. The lowest BCUT2D eigenvalue weighted by Crippen LogP contribution is -2.20. The van der Waals surface area contributed by atoms with Gasteiger partial charge in [0.05, 0.1) is 9.99 Å². The quantitative estimate of drug-likeness (QED) is 0.668. The summed E-state index contributed by atoms with van der Waals surface area (Å²) in [5.74, 6) is -0.169. The van der Waals surface area contributed by atoms with Crippen LogP contribution in [0.5, 0.6) is 5.75 Å². The molecule has 0 fully saturated rings. The molecule has 0 aliphatic heterocycles. The molecule has 0 saturated heterocycles. The average Bonchev–Trinajstić information content (AvgIpc) is 2.08. The molecule has 0 heterocycles. The molecule has 0 aliphatic carbocycles. The number of phenolic OH excluding ortho intramolecular Hbond substituents is 1. The molecule has 1 aromatic carbocycles. The number of nitrogens with two attached hydrogens (primary N) is 1. The summed E-state index contributed by atoms with van der Waals surface area (Å²) in [5, 5.41) is 9.63. The summed E-state index contributed by atoms with van der Waals surface area (Å²) in [5.41, 5.74) is 5.57. The van der Waals surface area contributed by atoms with Crippen molar-refractivity contribution < 1.29 is 18.3 Å². The third kappa shape index (κ3) is 3.91. The Hall–Kier alpha value is 0.230. The number of rotatable bonds is 2. The van der Waals surface area contributed by atoms with Crippen molar-refractivity contribution in [3.05, 3.63) is 24.8 Å². The second kappa shape index (κ2) is 5.25. The highest BCUT2D eigenvalue weighted by Crippen LogP contribution is 2.35. The SMILES string of the molecule is N[C@@H](CC(F)(F)F)c1cc(I)cc(I)c1O. The van der Waals surface area contributed by atoms with Crippen LogP contribution in [-0.4, -0.2) is 11.3 Å². The predicted octanol–water partition coefficient (Wildman–Crippen LogP) is 3.55. The van der Waals surface area contributed by atoms with Gasteiger partial charge in [-0.3, -0.25) is 0 Å². The van der Waals surface area contributed by atoms with Gasteiger partial charge in [-0.25, -0.2) is 0 Å². The zero-order chi connectivity index (χ0) is 12.5. The maximum Gasteiger partial charge on any atom is 0.390 e. The van der Waals surface area contributed by atoms with Crippen LogP contribution in [0.4, 0.5) is 13.2 Å². The Balaban J connectivity index is 3.04. The van der Waals surface area contributed by atoms with E-state index in [0.717, 1.165) is 3.57 Å². The number of hydrogen-bond acceptors (Lipinski definition) is 2. The second-order valence-corrected chi connectivity index (χ2v) is 5.66. The average molecular weight is 457 g/mol. The van der Waals surface area contributed by atoms with Gasteiger partial charge in [-0.1, -0.05) is 0 Å². The lowest BCUT2D eigenvalue weighted by molar-refractivity contribution is -0.138. The zero-order valence-electron chi connectivity index (χ0n) is 7.85. The molecule has 1 atom stereocenters. The molecular formula is C9H8F3I2NO. The van der Waals surface area contributed by atoms with E-state index >= 15 is 0 Å². The molecule has 0 unspecified atom stereocenters. The molecule has 0 saturated carbocycles. The minimum atomic E-state index is -4.33. The molecule has 0 aliphatic rings. The van der Waals surface area contributed by atoms with Crippen LogP contribution in [0.3, 0.4) is 0 Å². The number of hydrogen-bond donors (Lipinski definition) is 2. The van der Waals surface area contributed by atoms with E-state index in [2.05, 4.69) is 0 Å². The summed E-state index contributed by atoms with van der Waals surface area (Å²) in [6, 6.07) is 1.90. The smallest absolute Gasteiger partial charge is 0.390 e. The number of aromatic hydroxyl groups is 1. The molecule has 0 bridgehead atoms. The molecule has 0 radical (unpaired) electrons. The minimum absolute atomic E-state index is 0.133. The van der Waals surface area contributed by atoms with Crippen molar-refractivity contribution in [2.45, 2.75) is 18.6 Å². The molecule has 2 nitrogen and oxygen atoms in total. The van der Waals surface area contributed by atoms with Crippen molar-refractivity contribution >= 4 is 45.2 Å². The Morgan fingerprint density at radius 2 is 1.88 bits per heavy atom. The molecule has 1 rings (SSSR count). The Morgan fingerprint density at radius 3 is 2.38 bits per heavy atom. The molecule has 3 N–H and O–H groups in total. The van der Waals surface area contributed by atoms with Crippen molar-refractivity contribution in [2.24, 2.45) is 5.73 Å². The van der Waals surface area contributed by atoms with Crippen LogP contribution in [0.15, 0.2) is 12.1 Å².